The summed E-state index contributed by atoms with van der Waals surface area (Å²) in [5.41, 5.74) is 2.64. The summed E-state index contributed by atoms with van der Waals surface area (Å²) >= 11 is 0. The number of alkyl carbamates (subject to hydrolysis) is 1. The van der Waals surface area contributed by atoms with E-state index in [0.29, 0.717) is 6.61 Å². The molecule has 5 heteroatoms. The minimum absolute atomic E-state index is 0.0825. The zero-order valence-corrected chi connectivity index (χ0v) is 12.6. The molecule has 1 aromatic carbocycles. The summed E-state index contributed by atoms with van der Waals surface area (Å²) in [6.45, 7) is 2.31. The van der Waals surface area contributed by atoms with Crippen molar-refractivity contribution in [3.8, 4) is 0 Å². The number of rotatable bonds is 5. The lowest BCUT2D eigenvalue weighted by atomic mass is 10.0. The van der Waals surface area contributed by atoms with Gasteiger partial charge in [0.05, 0.1) is 17.9 Å². The normalized spacial score (nSPS) is 20.2. The lowest BCUT2D eigenvalue weighted by molar-refractivity contribution is 0.177. The number of nitrogens with one attached hydrogen (secondary N) is 1. The highest BCUT2D eigenvalue weighted by molar-refractivity contribution is 5.69. The first-order valence-electron chi connectivity index (χ1n) is 7.35. The van der Waals surface area contributed by atoms with Crippen LogP contribution in [0, 0.1) is 0 Å². The first kappa shape index (κ1) is 14.1. The standard InChI is InChI=1S/C16H21N3O2/c1-19(2)6-5-12-9-17-15-4-3-11(8-14(12)15)7-13-10-21-16(20)18-13/h3-4,8,13H,5-7,9-10H2,1-2H3,(H,18,20)/t13-/m0/s1. The molecular weight excluding hydrogens is 266 g/mol. The Morgan fingerprint density at radius 3 is 3.00 bits per heavy atom. The fraction of sp³-hybridized carbons (Fsp3) is 0.500. The summed E-state index contributed by atoms with van der Waals surface area (Å²) in [7, 11) is 4.18. The van der Waals surface area contributed by atoms with Gasteiger partial charge in [0, 0.05) is 11.8 Å². The molecular formula is C16H21N3O2. The molecule has 1 atom stereocenters. The van der Waals surface area contributed by atoms with Gasteiger partial charge in [0.15, 0.2) is 0 Å². The minimum Gasteiger partial charge on any atom is -0.447 e. The molecule has 1 amide bonds. The van der Waals surface area contributed by atoms with Gasteiger partial charge in [-0.3, -0.25) is 4.99 Å². The SMILES string of the molecule is CN(C)CCC1=c2cc(C[C@H]3COC(=O)N3)ccc2=NC1. The molecule has 21 heavy (non-hydrogen) atoms. The summed E-state index contributed by atoms with van der Waals surface area (Å²) in [4.78, 5) is 17.9. The van der Waals surface area contributed by atoms with Crippen LogP contribution in [0.25, 0.3) is 5.57 Å². The zero-order valence-electron chi connectivity index (χ0n) is 12.6. The molecule has 1 N–H and O–H groups in total. The number of carbonyl (C=O) groups is 1. The second kappa shape index (κ2) is 5.85. The van der Waals surface area contributed by atoms with E-state index >= 15 is 0 Å². The van der Waals surface area contributed by atoms with E-state index in [1.54, 1.807) is 0 Å². The molecule has 2 heterocycles. The third kappa shape index (κ3) is 3.24. The Hall–Kier alpha value is -1.88. The van der Waals surface area contributed by atoms with Crippen molar-refractivity contribution in [2.75, 3.05) is 33.8 Å². The van der Waals surface area contributed by atoms with Gasteiger partial charge in [-0.15, -0.1) is 0 Å². The average Bonchev–Trinajstić information content (AvgIpc) is 3.03. The molecule has 1 saturated heterocycles. The molecule has 0 saturated carbocycles. The number of hydrogen-bond donors (Lipinski definition) is 1. The van der Waals surface area contributed by atoms with Gasteiger partial charge in [0.2, 0.25) is 0 Å². The van der Waals surface area contributed by atoms with Crippen LogP contribution in [0.5, 0.6) is 0 Å². The van der Waals surface area contributed by atoms with E-state index in [9.17, 15) is 4.79 Å². The van der Waals surface area contributed by atoms with Crippen molar-refractivity contribution in [2.45, 2.75) is 18.9 Å². The topological polar surface area (TPSA) is 53.9 Å². The molecule has 2 aliphatic rings. The second-order valence-electron chi connectivity index (χ2n) is 5.97. The van der Waals surface area contributed by atoms with Crippen molar-refractivity contribution in [1.29, 1.82) is 0 Å². The number of amides is 1. The van der Waals surface area contributed by atoms with Gasteiger partial charge < -0.3 is 15.0 Å². The quantitative estimate of drug-likeness (QED) is 0.834. The number of nitrogens with zero attached hydrogens (tertiary/aromatic N) is 2. The number of benzene rings is 1. The highest BCUT2D eigenvalue weighted by atomic mass is 16.6. The van der Waals surface area contributed by atoms with Crippen LogP contribution in [0.1, 0.15) is 12.0 Å². The highest BCUT2D eigenvalue weighted by Crippen LogP contribution is 2.08. The Morgan fingerprint density at radius 1 is 1.43 bits per heavy atom. The summed E-state index contributed by atoms with van der Waals surface area (Å²) in [5.74, 6) is 0. The molecule has 1 aromatic rings. The van der Waals surface area contributed by atoms with E-state index in [1.165, 1.54) is 16.4 Å². The third-order valence-electron chi connectivity index (χ3n) is 3.96. The Balaban J connectivity index is 1.79. The molecule has 2 aliphatic heterocycles. The Kier molecular flexibility index (Phi) is 3.92. The van der Waals surface area contributed by atoms with E-state index < -0.39 is 0 Å². The molecule has 3 rings (SSSR count). The molecule has 5 nitrogen and oxygen atoms in total. The maximum Gasteiger partial charge on any atom is 0.407 e. The highest BCUT2D eigenvalue weighted by Gasteiger charge is 2.22. The van der Waals surface area contributed by atoms with Gasteiger partial charge in [0.25, 0.3) is 0 Å². The zero-order chi connectivity index (χ0) is 14.8. The van der Waals surface area contributed by atoms with Gasteiger partial charge in [-0.25, -0.2) is 4.79 Å². The van der Waals surface area contributed by atoms with Gasteiger partial charge in [-0.05, 0) is 50.2 Å². The van der Waals surface area contributed by atoms with E-state index in [2.05, 4.69) is 47.5 Å². The lowest BCUT2D eigenvalue weighted by Crippen LogP contribution is -2.30. The number of carbonyl (C=O) groups excluding carboxylic acids is 1. The van der Waals surface area contributed by atoms with Crippen molar-refractivity contribution < 1.29 is 9.53 Å². The van der Waals surface area contributed by atoms with E-state index in [4.69, 9.17) is 4.74 Å². The van der Waals surface area contributed by atoms with Gasteiger partial charge >= 0.3 is 6.09 Å². The Bertz CT molecular complexity index is 667. The van der Waals surface area contributed by atoms with Crippen LogP contribution in [0.4, 0.5) is 4.79 Å². The number of hydrogen-bond acceptors (Lipinski definition) is 4. The average molecular weight is 287 g/mol. The van der Waals surface area contributed by atoms with Crippen LogP contribution in [-0.4, -0.2) is 50.8 Å². The maximum atomic E-state index is 11.1. The second-order valence-corrected chi connectivity index (χ2v) is 5.97. The van der Waals surface area contributed by atoms with E-state index in [1.807, 2.05) is 0 Å². The Labute approximate surface area is 124 Å². The molecule has 112 valence electrons. The molecule has 0 unspecified atom stereocenters. The monoisotopic (exact) mass is 287 g/mol. The Morgan fingerprint density at radius 2 is 2.29 bits per heavy atom. The first-order chi connectivity index (χ1) is 10.1. The van der Waals surface area contributed by atoms with Crippen molar-refractivity contribution in [3.05, 3.63) is 34.3 Å². The maximum absolute atomic E-state index is 11.1. The van der Waals surface area contributed by atoms with Crippen LogP contribution in [0.2, 0.25) is 0 Å². The molecule has 0 bridgehead atoms. The molecule has 0 aromatic heterocycles. The smallest absolute Gasteiger partial charge is 0.407 e. The van der Waals surface area contributed by atoms with Crippen molar-refractivity contribution in [2.24, 2.45) is 4.99 Å². The van der Waals surface area contributed by atoms with E-state index in [-0.39, 0.29) is 12.1 Å². The van der Waals surface area contributed by atoms with Gasteiger partial charge in [0.1, 0.15) is 6.61 Å². The summed E-state index contributed by atoms with van der Waals surface area (Å²) < 4.78 is 4.94. The fourth-order valence-electron chi connectivity index (χ4n) is 2.79. The number of ether oxygens (including phenoxy) is 1. The van der Waals surface area contributed by atoms with Crippen molar-refractivity contribution in [1.82, 2.24) is 10.2 Å². The van der Waals surface area contributed by atoms with Gasteiger partial charge in [-0.2, -0.15) is 0 Å². The van der Waals surface area contributed by atoms with Crippen LogP contribution >= 0.6 is 0 Å². The number of cyclic esters (lactones) is 1. The van der Waals surface area contributed by atoms with Crippen molar-refractivity contribution in [3.63, 3.8) is 0 Å². The van der Waals surface area contributed by atoms with Crippen molar-refractivity contribution >= 4 is 11.7 Å². The predicted octanol–water partition coefficient (Wildman–Crippen LogP) is 0.0731. The lowest BCUT2D eigenvalue weighted by Gasteiger charge is -2.10. The largest absolute Gasteiger partial charge is 0.447 e. The fourth-order valence-corrected chi connectivity index (χ4v) is 2.79. The molecule has 1 fully saturated rings. The van der Waals surface area contributed by atoms with Crippen LogP contribution in [-0.2, 0) is 11.2 Å². The predicted molar refractivity (Wildman–Crippen MR) is 80.6 cm³/mol. The van der Waals surface area contributed by atoms with Gasteiger partial charge in [-0.1, -0.05) is 6.07 Å². The minimum atomic E-state index is -0.311. The first-order valence-corrected chi connectivity index (χ1v) is 7.35. The third-order valence-corrected chi connectivity index (χ3v) is 3.96. The molecule has 0 aliphatic carbocycles. The molecule has 0 spiro atoms. The van der Waals surface area contributed by atoms with Crippen LogP contribution in [0.3, 0.4) is 0 Å². The summed E-state index contributed by atoms with van der Waals surface area (Å²) in [5, 5.41) is 5.20. The van der Waals surface area contributed by atoms with E-state index in [0.717, 1.165) is 31.3 Å². The molecule has 0 radical (unpaired) electrons. The van der Waals surface area contributed by atoms with Crippen LogP contribution < -0.4 is 15.9 Å². The number of fused-ring (bicyclic) bond motifs is 1. The summed E-state index contributed by atoms with van der Waals surface area (Å²) in [6.07, 6.45) is 1.55. The summed E-state index contributed by atoms with van der Waals surface area (Å²) in [6, 6.07) is 6.49. The van der Waals surface area contributed by atoms with Crippen LogP contribution in [0.15, 0.2) is 23.2 Å².